The number of halogens is 2. The quantitative estimate of drug-likeness (QED) is 0.282. The monoisotopic (exact) mass is 596 g/mol. The lowest BCUT2D eigenvalue weighted by Gasteiger charge is -2.36. The van der Waals surface area contributed by atoms with E-state index in [9.17, 15) is 13.3 Å². The van der Waals surface area contributed by atoms with Crippen LogP contribution in [-0.2, 0) is 17.7 Å². The highest BCUT2D eigenvalue weighted by atomic mass is 32.2. The predicted molar refractivity (Wildman–Crippen MR) is 155 cm³/mol. The molecule has 1 aromatic carbocycles. The number of benzene rings is 1. The Morgan fingerprint density at radius 3 is 2.64 bits per heavy atom. The highest BCUT2D eigenvalue weighted by Gasteiger charge is 2.26. The van der Waals surface area contributed by atoms with Gasteiger partial charge in [-0.1, -0.05) is 11.2 Å². The number of hydrogen-bond donors (Lipinski definition) is 1. The van der Waals surface area contributed by atoms with Gasteiger partial charge in [0, 0.05) is 57.7 Å². The molecule has 14 heteroatoms. The summed E-state index contributed by atoms with van der Waals surface area (Å²) in [6, 6.07) is 7.92. The average Bonchev–Trinajstić information content (AvgIpc) is 3.75. The van der Waals surface area contributed by atoms with E-state index in [1.165, 1.54) is 6.07 Å². The van der Waals surface area contributed by atoms with E-state index in [0.717, 1.165) is 23.5 Å². The van der Waals surface area contributed by atoms with Crippen LogP contribution in [0.4, 0.5) is 20.4 Å². The van der Waals surface area contributed by atoms with Crippen LogP contribution in [-0.4, -0.2) is 84.2 Å². The number of rotatable bonds is 7. The van der Waals surface area contributed by atoms with Crippen molar-refractivity contribution in [2.45, 2.75) is 25.5 Å². The Balaban J connectivity index is 1.00. The Bertz CT molecular complexity index is 1710. The van der Waals surface area contributed by atoms with Gasteiger partial charge in [-0.25, -0.2) is 13.5 Å². The number of furan rings is 1. The van der Waals surface area contributed by atoms with Gasteiger partial charge in [0.2, 0.25) is 5.95 Å². The van der Waals surface area contributed by atoms with Crippen molar-refractivity contribution in [2.24, 2.45) is 0 Å². The first-order valence-electron chi connectivity index (χ1n) is 14.0. The maximum atomic E-state index is 14.8. The van der Waals surface area contributed by atoms with Crippen LogP contribution < -0.4 is 15.4 Å². The second-order valence-corrected chi connectivity index (χ2v) is 12.3. The van der Waals surface area contributed by atoms with Gasteiger partial charge in [-0.15, -0.1) is 0 Å². The van der Waals surface area contributed by atoms with Gasteiger partial charge in [-0.3, -0.25) is 4.90 Å². The lowest BCUT2D eigenvalue weighted by Crippen LogP contribution is -2.47. The van der Waals surface area contributed by atoms with Gasteiger partial charge in [-0.2, -0.15) is 19.7 Å². The molecule has 220 valence electrons. The average molecular weight is 597 g/mol. The van der Waals surface area contributed by atoms with E-state index in [1.54, 1.807) is 23.0 Å². The summed E-state index contributed by atoms with van der Waals surface area (Å²) < 4.78 is 55.8. The largest absolute Gasteiger partial charge is 0.616 e. The smallest absolute Gasteiger partial charge is 0.223 e. The van der Waals surface area contributed by atoms with Crippen LogP contribution in [0.3, 0.4) is 0 Å². The number of nitrogen functional groups attached to an aromatic ring is 1. The standard InChI is InChI=1S/C28H30F2N8O3S/c29-20-14-21(30)26(41-18-3-12-42(39)13-4-18)16-24(20)36-8-5-35(6-9-36)7-10-37-27-19(17-32-37)23-15-22(25-2-1-11-40-25)34-38(23)28(31)33-27/h1-2,11,14-18H,3-10,12-13H2,(H2,31,33)/t18-,42-. The molecule has 2 fully saturated rings. The van der Waals surface area contributed by atoms with Crippen molar-refractivity contribution < 1.29 is 22.5 Å². The second-order valence-electron chi connectivity index (χ2n) is 10.6. The van der Waals surface area contributed by atoms with Gasteiger partial charge in [0.1, 0.15) is 29.1 Å². The summed E-state index contributed by atoms with van der Waals surface area (Å²) in [5, 5.41) is 9.94. The van der Waals surface area contributed by atoms with Crippen LogP contribution in [0.15, 0.2) is 47.2 Å². The minimum absolute atomic E-state index is 0.0485. The van der Waals surface area contributed by atoms with Crippen molar-refractivity contribution in [3.8, 4) is 17.2 Å². The Labute approximate surface area is 243 Å². The number of anilines is 2. The molecule has 11 nitrogen and oxygen atoms in total. The molecule has 0 radical (unpaired) electrons. The van der Waals surface area contributed by atoms with Gasteiger partial charge < -0.3 is 24.3 Å². The third-order valence-electron chi connectivity index (χ3n) is 7.98. The van der Waals surface area contributed by atoms with Crippen molar-refractivity contribution >= 4 is 39.4 Å². The van der Waals surface area contributed by atoms with E-state index in [2.05, 4.69) is 20.1 Å². The van der Waals surface area contributed by atoms with Crippen LogP contribution in [0.25, 0.3) is 28.0 Å². The zero-order chi connectivity index (χ0) is 28.8. The molecule has 0 bridgehead atoms. The number of piperazine rings is 1. The molecule has 0 unspecified atom stereocenters. The normalized spacial score (nSPS) is 20.1. The molecule has 2 aliphatic heterocycles. The molecule has 2 aliphatic rings. The summed E-state index contributed by atoms with van der Waals surface area (Å²) >= 11 is -0.838. The molecule has 0 spiro atoms. The van der Waals surface area contributed by atoms with Gasteiger partial charge in [0.25, 0.3) is 0 Å². The number of fused-ring (bicyclic) bond motifs is 3. The number of aromatic nitrogens is 5. The fourth-order valence-electron chi connectivity index (χ4n) is 5.66. The highest BCUT2D eigenvalue weighted by Crippen LogP contribution is 2.31. The summed E-state index contributed by atoms with van der Waals surface area (Å²) in [6.45, 7) is 3.89. The third kappa shape index (κ3) is 5.14. The predicted octanol–water partition coefficient (Wildman–Crippen LogP) is 3.31. The van der Waals surface area contributed by atoms with Gasteiger partial charge in [0.05, 0.1) is 35.6 Å². The minimum atomic E-state index is -0.838. The number of hydrogen-bond acceptors (Lipinski definition) is 9. The van der Waals surface area contributed by atoms with Crippen molar-refractivity contribution in [3.63, 3.8) is 0 Å². The molecule has 6 heterocycles. The second kappa shape index (κ2) is 11.1. The highest BCUT2D eigenvalue weighted by molar-refractivity contribution is 7.91. The Morgan fingerprint density at radius 1 is 1.07 bits per heavy atom. The first-order chi connectivity index (χ1) is 20.4. The van der Waals surface area contributed by atoms with Crippen molar-refractivity contribution in [1.82, 2.24) is 29.3 Å². The maximum absolute atomic E-state index is 14.8. The van der Waals surface area contributed by atoms with Crippen LogP contribution >= 0.6 is 0 Å². The van der Waals surface area contributed by atoms with Crippen molar-refractivity contribution in [2.75, 3.05) is 54.9 Å². The molecule has 7 rings (SSSR count). The molecule has 0 saturated carbocycles. The third-order valence-corrected chi connectivity index (χ3v) is 9.36. The van der Waals surface area contributed by atoms with E-state index in [0.29, 0.717) is 79.9 Å². The van der Waals surface area contributed by atoms with E-state index in [4.69, 9.17) is 14.9 Å². The Hall–Kier alpha value is -3.88. The van der Waals surface area contributed by atoms with Crippen LogP contribution in [0.5, 0.6) is 5.75 Å². The molecule has 4 aromatic heterocycles. The maximum Gasteiger partial charge on any atom is 0.223 e. The molecular weight excluding hydrogens is 566 g/mol. The van der Waals surface area contributed by atoms with E-state index in [-0.39, 0.29) is 17.8 Å². The van der Waals surface area contributed by atoms with Gasteiger partial charge in [0.15, 0.2) is 23.0 Å². The number of nitrogens with two attached hydrogens (primary N) is 1. The fourth-order valence-corrected chi connectivity index (χ4v) is 6.91. The number of ether oxygens (including phenoxy) is 1. The first kappa shape index (κ1) is 27.0. The SMILES string of the molecule is Nc1nc2c(cnn2CCN2CCN(c3cc(O[C@H]4CC[S@+]([O-])CC4)c(F)cc3F)CC2)c2cc(-c3ccco3)nn12. The van der Waals surface area contributed by atoms with E-state index in [1.807, 2.05) is 21.7 Å². The first-order valence-corrected chi connectivity index (χ1v) is 15.4. The molecule has 0 amide bonds. The lowest BCUT2D eigenvalue weighted by molar-refractivity contribution is 0.181. The summed E-state index contributed by atoms with van der Waals surface area (Å²) in [5.41, 5.74) is 8.71. The van der Waals surface area contributed by atoms with Crippen LogP contribution in [0.1, 0.15) is 12.8 Å². The summed E-state index contributed by atoms with van der Waals surface area (Å²) in [5.74, 6) is 0.715. The van der Waals surface area contributed by atoms with E-state index < -0.39 is 22.8 Å². The fraction of sp³-hybridized carbons (Fsp3) is 0.393. The van der Waals surface area contributed by atoms with Crippen molar-refractivity contribution in [3.05, 3.63) is 54.4 Å². The topological polar surface area (TPSA) is 126 Å². The molecule has 0 atom stereocenters. The lowest BCUT2D eigenvalue weighted by atomic mass is 10.2. The Morgan fingerprint density at radius 2 is 1.88 bits per heavy atom. The molecule has 2 N–H and O–H groups in total. The molecule has 0 aliphatic carbocycles. The zero-order valence-electron chi connectivity index (χ0n) is 22.8. The van der Waals surface area contributed by atoms with Gasteiger partial charge >= 0.3 is 0 Å². The summed E-state index contributed by atoms with van der Waals surface area (Å²) in [7, 11) is 0. The van der Waals surface area contributed by atoms with Crippen molar-refractivity contribution in [1.29, 1.82) is 0 Å². The zero-order valence-corrected chi connectivity index (χ0v) is 23.6. The number of nitrogens with zero attached hydrogens (tertiary/aromatic N) is 7. The minimum Gasteiger partial charge on any atom is -0.616 e. The molecule has 5 aromatic rings. The van der Waals surface area contributed by atoms with Gasteiger partial charge in [-0.05, 0) is 18.2 Å². The summed E-state index contributed by atoms with van der Waals surface area (Å²) in [6.07, 6.45) is 4.36. The summed E-state index contributed by atoms with van der Waals surface area (Å²) in [4.78, 5) is 8.77. The molecule has 2 saturated heterocycles. The van der Waals surface area contributed by atoms with E-state index >= 15 is 0 Å². The van der Waals surface area contributed by atoms with Crippen LogP contribution in [0.2, 0.25) is 0 Å². The Kier molecular flexibility index (Phi) is 7.12. The molecular formula is C28H30F2N8O3S. The molecule has 42 heavy (non-hydrogen) atoms. The van der Waals surface area contributed by atoms with Crippen LogP contribution in [0, 0.1) is 11.6 Å².